The quantitative estimate of drug-likeness (QED) is 0.348. The molecule has 2 N–H and O–H groups in total. The molecular weight excluding hydrogens is 428 g/mol. The third-order valence-corrected chi connectivity index (χ3v) is 6.02. The standard InChI is InChI=1S/C28H30N2O4/c1-4-19-10-5-8-14-25(19)34-18-27(31)30-17-23(21-12-9-15-26(32-2)28(21)33-3)22-16-29-24-13-7-6-11-20(22)24/h5-16,23,29H,4,17-18H2,1-3H3,(H,30,31). The van der Waals surface area contributed by atoms with Gasteiger partial charge in [-0.05, 0) is 35.7 Å². The number of methoxy groups -OCH3 is 2. The van der Waals surface area contributed by atoms with E-state index in [1.54, 1.807) is 14.2 Å². The number of ether oxygens (including phenoxy) is 3. The molecule has 4 aromatic rings. The van der Waals surface area contributed by atoms with Crippen LogP contribution in [0, 0.1) is 0 Å². The van der Waals surface area contributed by atoms with E-state index in [-0.39, 0.29) is 18.4 Å². The van der Waals surface area contributed by atoms with Crippen LogP contribution in [0.2, 0.25) is 0 Å². The normalized spacial score (nSPS) is 11.7. The summed E-state index contributed by atoms with van der Waals surface area (Å²) in [7, 11) is 3.25. The van der Waals surface area contributed by atoms with E-state index in [0.717, 1.165) is 39.8 Å². The predicted molar refractivity (Wildman–Crippen MR) is 134 cm³/mol. The lowest BCUT2D eigenvalue weighted by Gasteiger charge is -2.22. The fourth-order valence-electron chi connectivity index (χ4n) is 4.30. The number of hydrogen-bond donors (Lipinski definition) is 2. The van der Waals surface area contributed by atoms with Crippen molar-refractivity contribution in [3.8, 4) is 17.2 Å². The van der Waals surface area contributed by atoms with Gasteiger partial charge in [-0.1, -0.05) is 55.5 Å². The molecule has 6 nitrogen and oxygen atoms in total. The van der Waals surface area contributed by atoms with Gasteiger partial charge < -0.3 is 24.5 Å². The molecule has 1 atom stereocenters. The molecule has 0 saturated carbocycles. The Balaban J connectivity index is 1.59. The van der Waals surface area contributed by atoms with Gasteiger partial charge in [0.05, 0.1) is 14.2 Å². The zero-order valence-corrected chi connectivity index (χ0v) is 19.8. The van der Waals surface area contributed by atoms with Crippen LogP contribution in [0.25, 0.3) is 10.9 Å². The van der Waals surface area contributed by atoms with Gasteiger partial charge in [-0.2, -0.15) is 0 Å². The van der Waals surface area contributed by atoms with Crippen LogP contribution >= 0.6 is 0 Å². The molecule has 0 aliphatic rings. The summed E-state index contributed by atoms with van der Waals surface area (Å²) in [5.74, 6) is 1.70. The highest BCUT2D eigenvalue weighted by Crippen LogP contribution is 2.40. The topological polar surface area (TPSA) is 72.6 Å². The van der Waals surface area contributed by atoms with Crippen molar-refractivity contribution in [1.29, 1.82) is 0 Å². The second-order valence-corrected chi connectivity index (χ2v) is 7.98. The highest BCUT2D eigenvalue weighted by molar-refractivity contribution is 5.85. The van der Waals surface area contributed by atoms with Crippen molar-refractivity contribution in [2.75, 3.05) is 27.4 Å². The number of carbonyl (C=O) groups excluding carboxylic acids is 1. The number of para-hydroxylation sites is 3. The van der Waals surface area contributed by atoms with Crippen molar-refractivity contribution in [2.45, 2.75) is 19.3 Å². The number of fused-ring (bicyclic) bond motifs is 1. The molecule has 176 valence electrons. The molecule has 0 aliphatic heterocycles. The van der Waals surface area contributed by atoms with E-state index in [9.17, 15) is 4.79 Å². The molecule has 3 aromatic carbocycles. The molecule has 1 unspecified atom stereocenters. The van der Waals surface area contributed by atoms with Gasteiger partial charge in [-0.15, -0.1) is 0 Å². The lowest BCUT2D eigenvalue weighted by molar-refractivity contribution is -0.123. The number of benzene rings is 3. The fraction of sp³-hybridized carbons (Fsp3) is 0.250. The molecule has 1 amide bonds. The number of nitrogens with one attached hydrogen (secondary N) is 2. The fourth-order valence-corrected chi connectivity index (χ4v) is 4.30. The zero-order valence-electron chi connectivity index (χ0n) is 19.8. The van der Waals surface area contributed by atoms with Gasteiger partial charge in [0.25, 0.3) is 5.91 Å². The first kappa shape index (κ1) is 23.2. The van der Waals surface area contributed by atoms with Crippen LogP contribution in [0.1, 0.15) is 29.5 Å². The van der Waals surface area contributed by atoms with E-state index in [0.29, 0.717) is 18.0 Å². The summed E-state index contributed by atoms with van der Waals surface area (Å²) in [6, 6.07) is 21.7. The number of aromatic amines is 1. The van der Waals surface area contributed by atoms with Gasteiger partial charge in [0.1, 0.15) is 5.75 Å². The molecule has 0 bridgehead atoms. The van der Waals surface area contributed by atoms with Crippen molar-refractivity contribution in [3.63, 3.8) is 0 Å². The Hall–Kier alpha value is -3.93. The van der Waals surface area contributed by atoms with Gasteiger partial charge in [0.2, 0.25) is 0 Å². The number of aryl methyl sites for hydroxylation is 1. The van der Waals surface area contributed by atoms with Crippen molar-refractivity contribution in [1.82, 2.24) is 10.3 Å². The summed E-state index contributed by atoms with van der Waals surface area (Å²) < 4.78 is 17.1. The molecule has 1 heterocycles. The third kappa shape index (κ3) is 4.86. The first-order chi connectivity index (χ1) is 16.7. The van der Waals surface area contributed by atoms with Crippen molar-refractivity contribution >= 4 is 16.8 Å². The minimum Gasteiger partial charge on any atom is -0.493 e. The lowest BCUT2D eigenvalue weighted by Crippen LogP contribution is -2.33. The Morgan fingerprint density at radius 2 is 1.68 bits per heavy atom. The van der Waals surface area contributed by atoms with Crippen LogP contribution in [-0.4, -0.2) is 38.3 Å². The van der Waals surface area contributed by atoms with Gasteiger partial charge in [-0.25, -0.2) is 0 Å². The number of carbonyl (C=O) groups is 1. The largest absolute Gasteiger partial charge is 0.493 e. The van der Waals surface area contributed by atoms with E-state index >= 15 is 0 Å². The van der Waals surface area contributed by atoms with Gasteiger partial charge >= 0.3 is 0 Å². The number of aromatic nitrogens is 1. The molecule has 1 aromatic heterocycles. The second-order valence-electron chi connectivity index (χ2n) is 7.98. The molecule has 34 heavy (non-hydrogen) atoms. The molecule has 0 spiro atoms. The minimum absolute atomic E-state index is 0.0487. The van der Waals surface area contributed by atoms with Crippen molar-refractivity contribution in [3.05, 3.63) is 89.6 Å². The maximum atomic E-state index is 12.8. The van der Waals surface area contributed by atoms with Crippen LogP contribution in [0.3, 0.4) is 0 Å². The molecular formula is C28H30N2O4. The van der Waals surface area contributed by atoms with E-state index in [1.807, 2.05) is 66.9 Å². The summed E-state index contributed by atoms with van der Waals surface area (Å²) in [5.41, 5.74) is 4.12. The van der Waals surface area contributed by atoms with Crippen LogP contribution < -0.4 is 19.5 Å². The Kier molecular flexibility index (Phi) is 7.38. The molecule has 0 fully saturated rings. The monoisotopic (exact) mass is 458 g/mol. The highest BCUT2D eigenvalue weighted by Gasteiger charge is 2.24. The minimum atomic E-state index is -0.183. The lowest BCUT2D eigenvalue weighted by atomic mass is 9.90. The Labute approximate surface area is 199 Å². The Morgan fingerprint density at radius 1 is 0.912 bits per heavy atom. The number of H-pyrrole nitrogens is 1. The highest BCUT2D eigenvalue weighted by atomic mass is 16.5. The molecule has 6 heteroatoms. The molecule has 0 radical (unpaired) electrons. The average Bonchev–Trinajstić information content (AvgIpc) is 3.31. The van der Waals surface area contributed by atoms with Crippen molar-refractivity contribution < 1.29 is 19.0 Å². The van der Waals surface area contributed by atoms with Crippen LogP contribution in [0.15, 0.2) is 72.9 Å². The maximum Gasteiger partial charge on any atom is 0.257 e. The number of hydrogen-bond acceptors (Lipinski definition) is 4. The third-order valence-electron chi connectivity index (χ3n) is 6.02. The van der Waals surface area contributed by atoms with E-state index in [1.165, 1.54) is 0 Å². The van der Waals surface area contributed by atoms with Crippen LogP contribution in [-0.2, 0) is 11.2 Å². The number of rotatable bonds is 10. The summed E-state index contributed by atoms with van der Waals surface area (Å²) in [4.78, 5) is 16.1. The molecule has 0 aliphatic carbocycles. The SMILES string of the molecule is CCc1ccccc1OCC(=O)NCC(c1cccc(OC)c1OC)c1c[nH]c2ccccc12. The summed E-state index contributed by atoms with van der Waals surface area (Å²) in [6.07, 6.45) is 2.84. The molecule has 0 saturated heterocycles. The Bertz CT molecular complexity index is 1260. The van der Waals surface area contributed by atoms with E-state index in [4.69, 9.17) is 14.2 Å². The van der Waals surface area contributed by atoms with Crippen molar-refractivity contribution in [2.24, 2.45) is 0 Å². The van der Waals surface area contributed by atoms with Gasteiger partial charge in [0, 0.05) is 35.1 Å². The Morgan fingerprint density at radius 3 is 2.47 bits per heavy atom. The first-order valence-electron chi connectivity index (χ1n) is 11.4. The van der Waals surface area contributed by atoms with Crippen LogP contribution in [0.5, 0.6) is 17.2 Å². The zero-order chi connectivity index (χ0) is 23.9. The van der Waals surface area contributed by atoms with Gasteiger partial charge in [0.15, 0.2) is 18.1 Å². The summed E-state index contributed by atoms with van der Waals surface area (Å²) in [5, 5.41) is 4.15. The van der Waals surface area contributed by atoms with Gasteiger partial charge in [-0.3, -0.25) is 4.79 Å². The van der Waals surface area contributed by atoms with Crippen LogP contribution in [0.4, 0.5) is 0 Å². The second kappa shape index (κ2) is 10.8. The first-order valence-corrected chi connectivity index (χ1v) is 11.4. The number of amides is 1. The average molecular weight is 459 g/mol. The van der Waals surface area contributed by atoms with E-state index in [2.05, 4.69) is 23.3 Å². The van der Waals surface area contributed by atoms with E-state index < -0.39 is 0 Å². The predicted octanol–water partition coefficient (Wildman–Crippen LogP) is 5.07. The molecule has 4 rings (SSSR count). The summed E-state index contributed by atoms with van der Waals surface area (Å²) >= 11 is 0. The summed E-state index contributed by atoms with van der Waals surface area (Å²) in [6.45, 7) is 2.39. The smallest absolute Gasteiger partial charge is 0.257 e. The maximum absolute atomic E-state index is 12.8.